The average Bonchev–Trinajstić information content (AvgIpc) is 3.54. The van der Waals surface area contributed by atoms with E-state index in [0.29, 0.717) is 36.1 Å². The number of anilines is 1. The predicted octanol–water partition coefficient (Wildman–Crippen LogP) is 4.42. The molecule has 7 nitrogen and oxygen atoms in total. The molecule has 36 heavy (non-hydrogen) atoms. The Kier molecular flexibility index (Phi) is 6.95. The molecule has 2 aromatic heterocycles. The molecule has 0 atom stereocenters. The van der Waals surface area contributed by atoms with Crippen molar-refractivity contribution in [3.63, 3.8) is 0 Å². The van der Waals surface area contributed by atoms with Crippen molar-refractivity contribution in [1.82, 2.24) is 24.8 Å². The van der Waals surface area contributed by atoms with E-state index in [-0.39, 0.29) is 12.5 Å². The highest BCUT2D eigenvalue weighted by Gasteiger charge is 2.30. The lowest BCUT2D eigenvalue weighted by molar-refractivity contribution is -0.137. The number of nitrogens with zero attached hydrogens (tertiary/aromatic N) is 4. The zero-order valence-electron chi connectivity index (χ0n) is 19.9. The van der Waals surface area contributed by atoms with Crippen LogP contribution in [0.2, 0.25) is 0 Å². The summed E-state index contributed by atoms with van der Waals surface area (Å²) in [5, 5.41) is 6.73. The van der Waals surface area contributed by atoms with E-state index in [0.717, 1.165) is 49.4 Å². The second-order valence-electron chi connectivity index (χ2n) is 9.33. The summed E-state index contributed by atoms with van der Waals surface area (Å²) >= 11 is 0. The molecule has 0 bridgehead atoms. The molecule has 0 spiro atoms. The lowest BCUT2D eigenvalue weighted by Crippen LogP contribution is -2.47. The molecular weight excluding hydrogens is 469 g/mol. The molecule has 0 radical (unpaired) electrons. The Morgan fingerprint density at radius 1 is 1.03 bits per heavy atom. The standard InChI is InChI=1S/C26H29F3N6O/c27-26(28,29)20-7-5-18(6-8-20)24-25(19-9-10-31-22(15-19)33-21-3-1-2-4-21)35(17-32-24)16-23(36)34-13-11-30-12-14-34/h5-10,15,17,21,30H,1-4,11-14,16H2,(H,31,33). The number of halogens is 3. The minimum atomic E-state index is -4.41. The van der Waals surface area contributed by atoms with E-state index in [1.54, 1.807) is 17.1 Å². The third-order valence-corrected chi connectivity index (χ3v) is 6.84. The average molecular weight is 499 g/mol. The van der Waals surface area contributed by atoms with Crippen molar-refractivity contribution >= 4 is 11.7 Å². The van der Waals surface area contributed by atoms with E-state index >= 15 is 0 Å². The van der Waals surface area contributed by atoms with Crippen LogP contribution in [-0.2, 0) is 17.5 Å². The second kappa shape index (κ2) is 10.3. The third-order valence-electron chi connectivity index (χ3n) is 6.84. The topological polar surface area (TPSA) is 75.1 Å². The molecule has 1 amide bonds. The van der Waals surface area contributed by atoms with E-state index in [4.69, 9.17) is 0 Å². The van der Waals surface area contributed by atoms with Gasteiger partial charge in [0.1, 0.15) is 12.4 Å². The molecule has 3 aromatic rings. The first-order valence-electron chi connectivity index (χ1n) is 12.3. The zero-order chi connectivity index (χ0) is 25.1. The largest absolute Gasteiger partial charge is 0.416 e. The minimum Gasteiger partial charge on any atom is -0.367 e. The fourth-order valence-electron chi connectivity index (χ4n) is 4.93. The van der Waals surface area contributed by atoms with Gasteiger partial charge in [-0.05, 0) is 37.1 Å². The summed E-state index contributed by atoms with van der Waals surface area (Å²) in [5.41, 5.74) is 1.83. The van der Waals surface area contributed by atoms with Gasteiger partial charge in [0.05, 0.1) is 23.3 Å². The summed E-state index contributed by atoms with van der Waals surface area (Å²) in [5.74, 6) is 0.714. The monoisotopic (exact) mass is 498 g/mol. The van der Waals surface area contributed by atoms with E-state index in [1.807, 2.05) is 17.0 Å². The van der Waals surface area contributed by atoms with Crippen LogP contribution in [0.5, 0.6) is 0 Å². The quantitative estimate of drug-likeness (QED) is 0.527. The van der Waals surface area contributed by atoms with Gasteiger partial charge in [-0.25, -0.2) is 9.97 Å². The van der Waals surface area contributed by atoms with Crippen LogP contribution in [-0.4, -0.2) is 57.6 Å². The number of imidazole rings is 1. The number of aromatic nitrogens is 3. The highest BCUT2D eigenvalue weighted by atomic mass is 19.4. The van der Waals surface area contributed by atoms with Crippen LogP contribution in [0.4, 0.5) is 19.0 Å². The number of alkyl halides is 3. The Morgan fingerprint density at radius 3 is 2.44 bits per heavy atom. The minimum absolute atomic E-state index is 0.0209. The van der Waals surface area contributed by atoms with Crippen LogP contribution in [0.3, 0.4) is 0 Å². The van der Waals surface area contributed by atoms with Crippen molar-refractivity contribution in [2.24, 2.45) is 0 Å². The van der Waals surface area contributed by atoms with Gasteiger partial charge in [-0.2, -0.15) is 13.2 Å². The number of rotatable bonds is 6. The van der Waals surface area contributed by atoms with Gasteiger partial charge >= 0.3 is 6.18 Å². The molecule has 1 saturated carbocycles. The Hall–Kier alpha value is -3.40. The van der Waals surface area contributed by atoms with Crippen LogP contribution in [0.15, 0.2) is 48.9 Å². The fraction of sp³-hybridized carbons (Fsp3) is 0.423. The molecule has 3 heterocycles. The van der Waals surface area contributed by atoms with Gasteiger partial charge in [0.15, 0.2) is 0 Å². The van der Waals surface area contributed by atoms with Gasteiger partial charge in [0, 0.05) is 49.5 Å². The molecule has 2 fully saturated rings. The van der Waals surface area contributed by atoms with Gasteiger partial charge in [-0.1, -0.05) is 25.0 Å². The lowest BCUT2D eigenvalue weighted by Gasteiger charge is -2.27. The van der Waals surface area contributed by atoms with Crippen molar-refractivity contribution in [3.8, 4) is 22.5 Å². The third kappa shape index (κ3) is 5.38. The summed E-state index contributed by atoms with van der Waals surface area (Å²) in [6, 6.07) is 9.12. The molecule has 0 unspecified atom stereocenters. The Bertz CT molecular complexity index is 1200. The number of benzene rings is 1. The summed E-state index contributed by atoms with van der Waals surface area (Å²) in [7, 11) is 0. The summed E-state index contributed by atoms with van der Waals surface area (Å²) in [6.07, 6.45) is 3.46. The van der Waals surface area contributed by atoms with E-state index < -0.39 is 11.7 Å². The van der Waals surface area contributed by atoms with Gasteiger partial charge < -0.3 is 20.1 Å². The van der Waals surface area contributed by atoms with Crippen LogP contribution in [0.1, 0.15) is 31.2 Å². The fourth-order valence-corrected chi connectivity index (χ4v) is 4.93. The highest BCUT2D eigenvalue weighted by molar-refractivity contribution is 5.82. The van der Waals surface area contributed by atoms with Crippen molar-refractivity contribution in [1.29, 1.82) is 0 Å². The molecule has 1 saturated heterocycles. The molecule has 190 valence electrons. The van der Waals surface area contributed by atoms with Crippen LogP contribution < -0.4 is 10.6 Å². The van der Waals surface area contributed by atoms with Crippen molar-refractivity contribution < 1.29 is 18.0 Å². The molecule has 1 aromatic carbocycles. The van der Waals surface area contributed by atoms with Crippen molar-refractivity contribution in [3.05, 3.63) is 54.5 Å². The highest BCUT2D eigenvalue weighted by Crippen LogP contribution is 2.35. The summed E-state index contributed by atoms with van der Waals surface area (Å²) < 4.78 is 41.1. The maximum absolute atomic E-state index is 13.1. The summed E-state index contributed by atoms with van der Waals surface area (Å²) in [6.45, 7) is 2.87. The van der Waals surface area contributed by atoms with Crippen LogP contribution in [0.25, 0.3) is 22.5 Å². The van der Waals surface area contributed by atoms with Gasteiger partial charge in [-0.15, -0.1) is 0 Å². The molecule has 10 heteroatoms. The predicted molar refractivity (Wildman–Crippen MR) is 131 cm³/mol. The molecule has 1 aliphatic carbocycles. The Labute approximate surface area is 207 Å². The van der Waals surface area contributed by atoms with Crippen LogP contribution >= 0.6 is 0 Å². The van der Waals surface area contributed by atoms with Gasteiger partial charge in [0.25, 0.3) is 0 Å². The van der Waals surface area contributed by atoms with Crippen LogP contribution in [0, 0.1) is 0 Å². The maximum atomic E-state index is 13.1. The van der Waals surface area contributed by atoms with Crippen molar-refractivity contribution in [2.75, 3.05) is 31.5 Å². The zero-order valence-corrected chi connectivity index (χ0v) is 19.9. The van der Waals surface area contributed by atoms with Gasteiger partial charge in [0.2, 0.25) is 5.91 Å². The first-order chi connectivity index (χ1) is 17.4. The summed E-state index contributed by atoms with van der Waals surface area (Å²) in [4.78, 5) is 23.9. The molecule has 1 aliphatic heterocycles. The number of hydrogen-bond donors (Lipinski definition) is 2. The normalized spacial score (nSPS) is 16.9. The smallest absolute Gasteiger partial charge is 0.367 e. The van der Waals surface area contributed by atoms with E-state index in [9.17, 15) is 18.0 Å². The number of pyridine rings is 1. The molecule has 5 rings (SSSR count). The number of amides is 1. The number of hydrogen-bond acceptors (Lipinski definition) is 5. The second-order valence-corrected chi connectivity index (χ2v) is 9.33. The molecular formula is C26H29F3N6O. The number of piperazine rings is 1. The molecule has 2 aliphatic rings. The van der Waals surface area contributed by atoms with E-state index in [2.05, 4.69) is 20.6 Å². The Morgan fingerprint density at radius 2 is 1.75 bits per heavy atom. The maximum Gasteiger partial charge on any atom is 0.416 e. The number of carbonyl (C=O) groups excluding carboxylic acids is 1. The first-order valence-corrected chi connectivity index (χ1v) is 12.3. The number of nitrogens with one attached hydrogen (secondary N) is 2. The first kappa shape index (κ1) is 24.3. The Balaban J connectivity index is 1.50. The molecule has 2 N–H and O–H groups in total. The lowest BCUT2D eigenvalue weighted by atomic mass is 10.0. The number of carbonyl (C=O) groups is 1. The SMILES string of the molecule is O=C(Cn1cnc(-c2ccc(C(F)(F)F)cc2)c1-c1ccnc(NC2CCCC2)c1)N1CCNCC1. The van der Waals surface area contributed by atoms with E-state index in [1.165, 1.54) is 25.0 Å². The van der Waals surface area contributed by atoms with Crippen molar-refractivity contribution in [2.45, 2.75) is 44.4 Å². The van der Waals surface area contributed by atoms with Gasteiger partial charge in [-0.3, -0.25) is 4.79 Å².